The van der Waals surface area contributed by atoms with E-state index in [4.69, 9.17) is 0 Å². The molecule has 0 spiro atoms. The van der Waals surface area contributed by atoms with Crippen molar-refractivity contribution in [3.63, 3.8) is 0 Å². The van der Waals surface area contributed by atoms with Crippen LogP contribution in [0.2, 0.25) is 0 Å². The minimum absolute atomic E-state index is 0.0771. The lowest BCUT2D eigenvalue weighted by atomic mass is 10.2. The highest BCUT2D eigenvalue weighted by molar-refractivity contribution is 14.1. The van der Waals surface area contributed by atoms with E-state index in [1.807, 2.05) is 23.8 Å². The van der Waals surface area contributed by atoms with Gasteiger partial charge in [-0.05, 0) is 78.8 Å². The van der Waals surface area contributed by atoms with Crippen molar-refractivity contribution >= 4 is 34.4 Å². The molecular formula is C20H18IN3OS. The van der Waals surface area contributed by atoms with Crippen molar-refractivity contribution in [2.45, 2.75) is 37.1 Å². The third-order valence-electron chi connectivity index (χ3n) is 4.11. The third-order valence-corrected chi connectivity index (χ3v) is 6.64. The van der Waals surface area contributed by atoms with Crippen molar-refractivity contribution in [3.05, 3.63) is 78.5 Å². The molecule has 1 N–H and O–H groups in total. The molecule has 2 heterocycles. The van der Waals surface area contributed by atoms with Crippen molar-refractivity contribution in [1.82, 2.24) is 9.55 Å². The topological polar surface area (TPSA) is 61.6 Å². The van der Waals surface area contributed by atoms with E-state index in [1.165, 1.54) is 11.1 Å². The molecule has 0 aliphatic rings. The second-order valence-electron chi connectivity index (χ2n) is 6.26. The Kier molecular flexibility index (Phi) is 5.58. The summed E-state index contributed by atoms with van der Waals surface area (Å²) in [5.41, 5.74) is 4.79. The molecule has 132 valence electrons. The number of hydrogen-bond donors (Lipinski definition) is 1. The van der Waals surface area contributed by atoms with Crippen LogP contribution in [0.25, 0.3) is 0 Å². The van der Waals surface area contributed by atoms with Crippen molar-refractivity contribution in [2.75, 3.05) is 0 Å². The van der Waals surface area contributed by atoms with Gasteiger partial charge in [0.05, 0.1) is 10.1 Å². The largest absolute Gasteiger partial charge is 0.335 e. The minimum atomic E-state index is -0.0771. The fraction of sp³-hybridized carbons (Fsp3) is 0.200. The van der Waals surface area contributed by atoms with Gasteiger partial charge in [0.15, 0.2) is 0 Å². The molecule has 2 aromatic heterocycles. The lowest BCUT2D eigenvalue weighted by Crippen LogP contribution is -2.17. The van der Waals surface area contributed by atoms with Gasteiger partial charge in [0.1, 0.15) is 11.8 Å². The number of aromatic amines is 1. The smallest absolute Gasteiger partial charge is 0.262 e. The number of benzene rings is 1. The monoisotopic (exact) mass is 475 g/mol. The molecule has 0 unspecified atom stereocenters. The van der Waals surface area contributed by atoms with Crippen molar-refractivity contribution in [3.8, 4) is 6.07 Å². The highest BCUT2D eigenvalue weighted by atomic mass is 127. The van der Waals surface area contributed by atoms with Gasteiger partial charge in [-0.3, -0.25) is 4.79 Å². The Bertz CT molecular complexity index is 1060. The Morgan fingerprint density at radius 3 is 2.58 bits per heavy atom. The summed E-state index contributed by atoms with van der Waals surface area (Å²) in [5, 5.41) is 9.28. The highest BCUT2D eigenvalue weighted by Crippen LogP contribution is 2.35. The van der Waals surface area contributed by atoms with Gasteiger partial charge < -0.3 is 9.55 Å². The van der Waals surface area contributed by atoms with E-state index in [-0.39, 0.29) is 5.56 Å². The van der Waals surface area contributed by atoms with E-state index in [0.29, 0.717) is 15.8 Å². The van der Waals surface area contributed by atoms with Gasteiger partial charge in [-0.2, -0.15) is 5.26 Å². The summed E-state index contributed by atoms with van der Waals surface area (Å²) in [7, 11) is 0. The maximum atomic E-state index is 12.3. The van der Waals surface area contributed by atoms with Crippen LogP contribution in [0.15, 0.2) is 51.1 Å². The lowest BCUT2D eigenvalue weighted by Gasteiger charge is -2.16. The Morgan fingerprint density at radius 1 is 1.23 bits per heavy atom. The first-order chi connectivity index (χ1) is 12.4. The number of nitriles is 1. The van der Waals surface area contributed by atoms with Gasteiger partial charge in [-0.1, -0.05) is 17.8 Å². The van der Waals surface area contributed by atoms with Gasteiger partial charge in [0.2, 0.25) is 0 Å². The number of H-pyrrole nitrogens is 1. The SMILES string of the molecule is Cc1cc(C)cc(Sc2c(Cn3cccc3C#N)c(C)[nH]c(=O)c2I)c1. The summed E-state index contributed by atoms with van der Waals surface area (Å²) < 4.78 is 2.58. The first kappa shape index (κ1) is 18.8. The Hall–Kier alpha value is -1.98. The molecule has 1 aromatic carbocycles. The first-order valence-corrected chi connectivity index (χ1v) is 10.0. The molecule has 0 radical (unpaired) electrons. The molecule has 0 amide bonds. The number of rotatable bonds is 4. The fourth-order valence-corrected chi connectivity index (χ4v) is 4.98. The van der Waals surface area contributed by atoms with Gasteiger partial charge in [-0.15, -0.1) is 0 Å². The zero-order valence-electron chi connectivity index (χ0n) is 14.8. The number of hydrogen-bond acceptors (Lipinski definition) is 3. The van der Waals surface area contributed by atoms with Gasteiger partial charge in [0.25, 0.3) is 5.56 Å². The number of nitrogens with one attached hydrogen (secondary N) is 1. The third kappa shape index (κ3) is 3.89. The van der Waals surface area contributed by atoms with Crippen molar-refractivity contribution in [2.24, 2.45) is 0 Å². The molecule has 0 atom stereocenters. The zero-order valence-corrected chi connectivity index (χ0v) is 17.7. The number of halogens is 1. The van der Waals surface area contributed by atoms with E-state index < -0.39 is 0 Å². The molecule has 0 aliphatic carbocycles. The highest BCUT2D eigenvalue weighted by Gasteiger charge is 2.17. The lowest BCUT2D eigenvalue weighted by molar-refractivity contribution is 0.761. The van der Waals surface area contributed by atoms with Crippen molar-refractivity contribution < 1.29 is 0 Å². The predicted molar refractivity (Wildman–Crippen MR) is 113 cm³/mol. The number of aromatic nitrogens is 2. The minimum Gasteiger partial charge on any atom is -0.335 e. The van der Waals surface area contributed by atoms with Gasteiger partial charge >= 0.3 is 0 Å². The Morgan fingerprint density at radius 2 is 1.92 bits per heavy atom. The fourth-order valence-electron chi connectivity index (χ4n) is 2.94. The van der Waals surface area contributed by atoms with E-state index in [9.17, 15) is 10.1 Å². The molecule has 0 saturated carbocycles. The summed E-state index contributed by atoms with van der Waals surface area (Å²) in [5.74, 6) is 0. The standard InChI is InChI=1S/C20H18IN3OS/c1-12-7-13(2)9-16(8-12)26-19-17(14(3)23-20(25)18(19)21)11-24-6-4-5-15(24)10-22/h4-9H,11H2,1-3H3,(H,23,25). The molecule has 26 heavy (non-hydrogen) atoms. The predicted octanol–water partition coefficient (Wildman–Crippen LogP) is 4.78. The van der Waals surface area contributed by atoms with Crippen LogP contribution < -0.4 is 5.56 Å². The molecule has 0 fully saturated rings. The van der Waals surface area contributed by atoms with E-state index in [2.05, 4.69) is 65.7 Å². The summed E-state index contributed by atoms with van der Waals surface area (Å²) in [6, 6.07) is 12.3. The average Bonchev–Trinajstić information content (AvgIpc) is 3.02. The molecule has 0 saturated heterocycles. The molecule has 4 nitrogen and oxygen atoms in total. The van der Waals surface area contributed by atoms with E-state index in [0.717, 1.165) is 21.0 Å². The van der Waals surface area contributed by atoms with E-state index >= 15 is 0 Å². The number of pyridine rings is 1. The average molecular weight is 475 g/mol. The quantitative estimate of drug-likeness (QED) is 0.553. The van der Waals surface area contributed by atoms with E-state index in [1.54, 1.807) is 17.8 Å². The molecule has 3 rings (SSSR count). The maximum absolute atomic E-state index is 12.3. The Balaban J connectivity index is 2.11. The molecule has 0 bridgehead atoms. The molecule has 3 aromatic rings. The normalized spacial score (nSPS) is 10.7. The van der Waals surface area contributed by atoms with Crippen LogP contribution in [0.3, 0.4) is 0 Å². The summed E-state index contributed by atoms with van der Waals surface area (Å²) in [4.78, 5) is 17.3. The molecular weight excluding hydrogens is 457 g/mol. The van der Waals surface area contributed by atoms with Crippen LogP contribution >= 0.6 is 34.4 Å². The Labute approximate surface area is 170 Å². The summed E-state index contributed by atoms with van der Waals surface area (Å²) in [6.45, 7) is 6.60. The van der Waals surface area contributed by atoms with Crippen LogP contribution in [0.5, 0.6) is 0 Å². The van der Waals surface area contributed by atoms with Crippen LogP contribution in [-0.4, -0.2) is 9.55 Å². The van der Waals surface area contributed by atoms with Crippen LogP contribution in [0.1, 0.15) is 28.1 Å². The van der Waals surface area contributed by atoms with Crippen molar-refractivity contribution in [1.29, 1.82) is 5.26 Å². The molecule has 0 aliphatic heterocycles. The summed E-state index contributed by atoms with van der Waals surface area (Å²) in [6.07, 6.45) is 1.89. The second kappa shape index (κ2) is 7.72. The first-order valence-electron chi connectivity index (χ1n) is 8.11. The zero-order chi connectivity index (χ0) is 18.8. The molecule has 6 heteroatoms. The number of nitrogens with zero attached hydrogens (tertiary/aromatic N) is 2. The van der Waals surface area contributed by atoms with Crippen LogP contribution in [0.4, 0.5) is 0 Å². The number of aryl methyl sites for hydroxylation is 3. The van der Waals surface area contributed by atoms with Crippen LogP contribution in [-0.2, 0) is 6.54 Å². The van der Waals surface area contributed by atoms with Gasteiger partial charge in [0, 0.05) is 27.2 Å². The second-order valence-corrected chi connectivity index (χ2v) is 8.42. The van der Waals surface area contributed by atoms with Gasteiger partial charge in [-0.25, -0.2) is 0 Å². The maximum Gasteiger partial charge on any atom is 0.262 e. The summed E-state index contributed by atoms with van der Waals surface area (Å²) >= 11 is 3.72. The van der Waals surface area contributed by atoms with Crippen LogP contribution in [0, 0.1) is 35.7 Å².